The Morgan fingerprint density at radius 1 is 1.31 bits per heavy atom. The van der Waals surface area contributed by atoms with Crippen molar-refractivity contribution >= 4 is 11.9 Å². The largest absolute Gasteiger partial charge is 0.479 e. The number of carbonyl (C=O) groups excluding carboxylic acids is 1. The van der Waals surface area contributed by atoms with Crippen molar-refractivity contribution in [2.24, 2.45) is 11.3 Å². The van der Waals surface area contributed by atoms with Crippen LogP contribution < -0.4 is 5.32 Å². The smallest absolute Gasteiger partial charge is 0.330 e. The zero-order chi connectivity index (χ0) is 19.4. The molecule has 0 saturated heterocycles. The summed E-state index contributed by atoms with van der Waals surface area (Å²) in [6, 6.07) is 10.2. The van der Waals surface area contributed by atoms with Crippen LogP contribution in [0.3, 0.4) is 0 Å². The molecule has 1 aliphatic rings. The van der Waals surface area contributed by atoms with E-state index in [1.165, 1.54) is 5.56 Å². The molecular formula is C21H31NO4. The summed E-state index contributed by atoms with van der Waals surface area (Å²) in [6.07, 6.45) is 2.69. The standard InChI is InChI=1S/C21H31NO4/c1-5-26-17-14-21(19(24)25,20(17,3)4)22-18(23)15(2)10-9-13-16-11-7-6-8-12-16/h6-8,11-12,15,17H,5,9-10,13-14H2,1-4H3,(H,22,23)(H,24,25). The van der Waals surface area contributed by atoms with E-state index in [1.54, 1.807) is 0 Å². The van der Waals surface area contributed by atoms with Gasteiger partial charge in [-0.05, 0) is 31.7 Å². The minimum Gasteiger partial charge on any atom is -0.479 e. The summed E-state index contributed by atoms with van der Waals surface area (Å²) in [5.41, 5.74) is -0.645. The molecule has 3 atom stereocenters. The zero-order valence-corrected chi connectivity index (χ0v) is 16.2. The average molecular weight is 361 g/mol. The Labute approximate surface area is 156 Å². The van der Waals surface area contributed by atoms with Crippen LogP contribution in [0.15, 0.2) is 30.3 Å². The lowest BCUT2D eigenvalue weighted by molar-refractivity contribution is -0.195. The number of nitrogens with one attached hydrogen (secondary N) is 1. The maximum atomic E-state index is 12.6. The first-order valence-corrected chi connectivity index (χ1v) is 9.45. The van der Waals surface area contributed by atoms with Crippen LogP contribution in [0.4, 0.5) is 0 Å². The second kappa shape index (κ2) is 8.21. The molecule has 0 aromatic heterocycles. The lowest BCUT2D eigenvalue weighted by Crippen LogP contribution is -2.76. The molecule has 1 amide bonds. The van der Waals surface area contributed by atoms with Crippen molar-refractivity contribution in [2.75, 3.05) is 6.61 Å². The van der Waals surface area contributed by atoms with Gasteiger partial charge < -0.3 is 15.2 Å². The molecule has 26 heavy (non-hydrogen) atoms. The lowest BCUT2D eigenvalue weighted by atomic mass is 9.54. The van der Waals surface area contributed by atoms with Crippen molar-refractivity contribution in [3.05, 3.63) is 35.9 Å². The highest BCUT2D eigenvalue weighted by Gasteiger charge is 2.66. The summed E-state index contributed by atoms with van der Waals surface area (Å²) in [5, 5.41) is 12.6. The molecule has 1 aromatic carbocycles. The highest BCUT2D eigenvalue weighted by atomic mass is 16.5. The molecule has 0 bridgehead atoms. The van der Waals surface area contributed by atoms with Gasteiger partial charge in [0.25, 0.3) is 0 Å². The quantitative estimate of drug-likeness (QED) is 0.707. The van der Waals surface area contributed by atoms with Crippen LogP contribution in [-0.4, -0.2) is 35.2 Å². The molecule has 0 aliphatic heterocycles. The topological polar surface area (TPSA) is 75.6 Å². The van der Waals surface area contributed by atoms with Crippen LogP contribution in [0, 0.1) is 11.3 Å². The first-order valence-electron chi connectivity index (χ1n) is 9.45. The van der Waals surface area contributed by atoms with Crippen LogP contribution in [0.5, 0.6) is 0 Å². The molecule has 1 fully saturated rings. The van der Waals surface area contributed by atoms with Gasteiger partial charge in [-0.25, -0.2) is 4.79 Å². The number of hydrogen-bond donors (Lipinski definition) is 2. The number of carboxylic acid groups (broad SMARTS) is 1. The number of ether oxygens (including phenoxy) is 1. The molecule has 2 N–H and O–H groups in total. The van der Waals surface area contributed by atoms with E-state index in [0.29, 0.717) is 13.0 Å². The first kappa shape index (κ1) is 20.4. The van der Waals surface area contributed by atoms with Crippen LogP contribution in [0.1, 0.15) is 52.5 Å². The predicted molar refractivity (Wildman–Crippen MR) is 101 cm³/mol. The van der Waals surface area contributed by atoms with Gasteiger partial charge in [0.2, 0.25) is 5.91 Å². The number of aryl methyl sites for hydroxylation is 1. The monoisotopic (exact) mass is 361 g/mol. The molecule has 5 heteroatoms. The van der Waals surface area contributed by atoms with Crippen molar-refractivity contribution in [3.63, 3.8) is 0 Å². The van der Waals surface area contributed by atoms with Gasteiger partial charge in [-0.2, -0.15) is 0 Å². The highest BCUT2D eigenvalue weighted by molar-refractivity contribution is 5.90. The van der Waals surface area contributed by atoms with Crippen molar-refractivity contribution < 1.29 is 19.4 Å². The third-order valence-electron chi connectivity index (χ3n) is 5.86. The van der Waals surface area contributed by atoms with Gasteiger partial charge in [0.15, 0.2) is 0 Å². The summed E-state index contributed by atoms with van der Waals surface area (Å²) in [7, 11) is 0. The Balaban J connectivity index is 1.92. The second-order valence-electron chi connectivity index (χ2n) is 7.85. The second-order valence-corrected chi connectivity index (χ2v) is 7.85. The molecule has 1 aromatic rings. The average Bonchev–Trinajstić information content (AvgIpc) is 2.60. The van der Waals surface area contributed by atoms with E-state index in [2.05, 4.69) is 17.4 Å². The van der Waals surface area contributed by atoms with Gasteiger partial charge in [0, 0.05) is 24.4 Å². The van der Waals surface area contributed by atoms with E-state index in [9.17, 15) is 14.7 Å². The number of amides is 1. The van der Waals surface area contributed by atoms with E-state index in [4.69, 9.17) is 4.74 Å². The van der Waals surface area contributed by atoms with Gasteiger partial charge in [-0.3, -0.25) is 4.79 Å². The van der Waals surface area contributed by atoms with E-state index < -0.39 is 16.9 Å². The van der Waals surface area contributed by atoms with Crippen LogP contribution in [0.25, 0.3) is 0 Å². The third kappa shape index (κ3) is 3.93. The molecular weight excluding hydrogens is 330 g/mol. The molecule has 144 valence electrons. The molecule has 1 saturated carbocycles. The van der Waals surface area contributed by atoms with E-state index in [0.717, 1.165) is 19.3 Å². The Kier molecular flexibility index (Phi) is 6.45. The van der Waals surface area contributed by atoms with Crippen molar-refractivity contribution in [1.82, 2.24) is 5.32 Å². The van der Waals surface area contributed by atoms with Crippen LogP contribution in [0.2, 0.25) is 0 Å². The van der Waals surface area contributed by atoms with E-state index >= 15 is 0 Å². The molecule has 0 radical (unpaired) electrons. The van der Waals surface area contributed by atoms with E-state index in [-0.39, 0.29) is 17.9 Å². The lowest BCUT2D eigenvalue weighted by Gasteiger charge is -2.58. The zero-order valence-electron chi connectivity index (χ0n) is 16.2. The van der Waals surface area contributed by atoms with Crippen molar-refractivity contribution in [2.45, 2.75) is 65.0 Å². The molecule has 5 nitrogen and oxygen atoms in total. The Bertz CT molecular complexity index is 628. The fourth-order valence-electron chi connectivity index (χ4n) is 3.76. The van der Waals surface area contributed by atoms with Gasteiger partial charge in [0.1, 0.15) is 5.54 Å². The summed E-state index contributed by atoms with van der Waals surface area (Å²) in [6.45, 7) is 8.00. The Hall–Kier alpha value is -1.88. The summed E-state index contributed by atoms with van der Waals surface area (Å²) in [5.74, 6) is -1.40. The minimum atomic E-state index is -1.25. The number of aliphatic carboxylic acids is 1. The number of rotatable bonds is 9. The molecule has 0 heterocycles. The highest BCUT2D eigenvalue weighted by Crippen LogP contribution is 2.51. The summed E-state index contributed by atoms with van der Waals surface area (Å²) in [4.78, 5) is 24.6. The van der Waals surface area contributed by atoms with Gasteiger partial charge in [-0.15, -0.1) is 0 Å². The molecule has 2 rings (SSSR count). The van der Waals surface area contributed by atoms with Gasteiger partial charge in [-0.1, -0.05) is 51.1 Å². The summed E-state index contributed by atoms with van der Waals surface area (Å²) >= 11 is 0. The Morgan fingerprint density at radius 2 is 1.96 bits per heavy atom. The first-order chi connectivity index (χ1) is 12.2. The Morgan fingerprint density at radius 3 is 2.50 bits per heavy atom. The summed E-state index contributed by atoms with van der Waals surface area (Å²) < 4.78 is 5.64. The van der Waals surface area contributed by atoms with Crippen molar-refractivity contribution in [3.8, 4) is 0 Å². The van der Waals surface area contributed by atoms with Crippen LogP contribution in [-0.2, 0) is 20.7 Å². The molecule has 1 aliphatic carbocycles. The predicted octanol–water partition coefficient (Wildman–Crippen LogP) is 3.42. The number of carboxylic acids is 1. The maximum absolute atomic E-state index is 12.6. The number of carbonyl (C=O) groups is 2. The SMILES string of the molecule is CCOC1CC(NC(=O)C(C)CCCc2ccccc2)(C(=O)O)C1(C)C. The van der Waals surface area contributed by atoms with Crippen molar-refractivity contribution in [1.29, 1.82) is 0 Å². The molecule has 0 spiro atoms. The normalized spacial score (nSPS) is 25.2. The number of hydrogen-bond acceptors (Lipinski definition) is 3. The fraction of sp³-hybridized carbons (Fsp3) is 0.619. The fourth-order valence-corrected chi connectivity index (χ4v) is 3.76. The van der Waals surface area contributed by atoms with E-state index in [1.807, 2.05) is 45.9 Å². The molecule has 3 unspecified atom stereocenters. The minimum absolute atomic E-state index is 0.155. The van der Waals surface area contributed by atoms with Gasteiger partial charge in [0.05, 0.1) is 6.10 Å². The van der Waals surface area contributed by atoms with Gasteiger partial charge >= 0.3 is 5.97 Å². The number of benzene rings is 1. The third-order valence-corrected chi connectivity index (χ3v) is 5.86. The maximum Gasteiger partial charge on any atom is 0.330 e. The van der Waals surface area contributed by atoms with Crippen LogP contribution >= 0.6 is 0 Å².